The fourth-order valence-electron chi connectivity index (χ4n) is 4.21. The number of hydrogen-bond donors (Lipinski definition) is 1. The second-order valence-corrected chi connectivity index (χ2v) is 8.09. The lowest BCUT2D eigenvalue weighted by atomic mass is 9.93. The molecule has 2 aromatic carbocycles. The summed E-state index contributed by atoms with van der Waals surface area (Å²) in [6.07, 6.45) is 4.94. The smallest absolute Gasteiger partial charge is 0.238 e. The molecular formula is C26H23ClN6O3. The average Bonchev–Trinajstić information content (AvgIpc) is 3.22. The lowest BCUT2D eigenvalue weighted by Crippen LogP contribution is -2.23. The second-order valence-electron chi connectivity index (χ2n) is 8.09. The van der Waals surface area contributed by atoms with Crippen molar-refractivity contribution < 1.29 is 14.3 Å². The summed E-state index contributed by atoms with van der Waals surface area (Å²) in [6, 6.07) is 14.7. The van der Waals surface area contributed by atoms with Crippen LogP contribution in [-0.4, -0.2) is 48.2 Å². The van der Waals surface area contributed by atoms with Gasteiger partial charge in [0.05, 0.1) is 36.5 Å². The fourth-order valence-corrected chi connectivity index (χ4v) is 4.21. The molecule has 4 aromatic rings. The molecular weight excluding hydrogens is 480 g/mol. The molecule has 1 unspecified atom stereocenters. The van der Waals surface area contributed by atoms with Crippen molar-refractivity contribution in [3.8, 4) is 17.6 Å². The Bertz CT molecular complexity index is 1460. The summed E-state index contributed by atoms with van der Waals surface area (Å²) in [5.74, 6) is 0.211. The second kappa shape index (κ2) is 10.5. The van der Waals surface area contributed by atoms with Crippen molar-refractivity contribution >= 4 is 40.6 Å². The molecule has 0 bridgehead atoms. The number of pyridine rings is 1. The van der Waals surface area contributed by atoms with E-state index in [0.29, 0.717) is 58.1 Å². The van der Waals surface area contributed by atoms with Crippen molar-refractivity contribution in [2.24, 2.45) is 0 Å². The standard InChI is InChI=1S/C26H22N6O3.ClH/c1-32(17-5-7-28-8-6-17)9-10-35-23-13-21-19(12-22(23)34-2)25(30-15-29-21)24-18-11-16(14-27)3-4-20(18)31-26(24)33;/h3-8,11-13,15,24H,9-10H2,1-2H3,(H,31,33);1H. The number of nitrogens with one attached hydrogen (secondary N) is 1. The van der Waals surface area contributed by atoms with Gasteiger partial charge < -0.3 is 19.7 Å². The molecule has 2 aromatic heterocycles. The van der Waals surface area contributed by atoms with Crippen LogP contribution in [0.15, 0.2) is 61.2 Å². The van der Waals surface area contributed by atoms with E-state index >= 15 is 0 Å². The highest BCUT2D eigenvalue weighted by molar-refractivity contribution is 6.07. The number of amides is 1. The first-order valence-electron chi connectivity index (χ1n) is 11.0. The Morgan fingerprint density at radius 2 is 1.92 bits per heavy atom. The van der Waals surface area contributed by atoms with E-state index in [2.05, 4.69) is 31.2 Å². The molecule has 36 heavy (non-hydrogen) atoms. The van der Waals surface area contributed by atoms with Crippen LogP contribution in [0.3, 0.4) is 0 Å². The Morgan fingerprint density at radius 1 is 1.11 bits per heavy atom. The number of ether oxygens (including phenoxy) is 2. The van der Waals surface area contributed by atoms with Gasteiger partial charge in [0.25, 0.3) is 0 Å². The van der Waals surface area contributed by atoms with Gasteiger partial charge in [-0.25, -0.2) is 9.97 Å². The van der Waals surface area contributed by atoms with E-state index in [0.717, 1.165) is 5.69 Å². The van der Waals surface area contributed by atoms with Gasteiger partial charge in [0.2, 0.25) is 5.91 Å². The lowest BCUT2D eigenvalue weighted by Gasteiger charge is -2.20. The predicted molar refractivity (Wildman–Crippen MR) is 138 cm³/mol. The summed E-state index contributed by atoms with van der Waals surface area (Å²) in [5, 5.41) is 12.9. The fraction of sp³-hybridized carbons (Fsp3) is 0.192. The zero-order chi connectivity index (χ0) is 24.4. The summed E-state index contributed by atoms with van der Waals surface area (Å²) in [5.41, 5.74) is 4.09. The van der Waals surface area contributed by atoms with Crippen LogP contribution in [0.25, 0.3) is 10.9 Å². The number of methoxy groups -OCH3 is 1. The van der Waals surface area contributed by atoms with Crippen molar-refractivity contribution in [3.63, 3.8) is 0 Å². The number of carbonyl (C=O) groups is 1. The summed E-state index contributed by atoms with van der Waals surface area (Å²) in [4.78, 5) is 27.9. The van der Waals surface area contributed by atoms with Gasteiger partial charge in [-0.1, -0.05) is 0 Å². The summed E-state index contributed by atoms with van der Waals surface area (Å²) in [6.45, 7) is 1.08. The maximum absolute atomic E-state index is 12.9. The van der Waals surface area contributed by atoms with Gasteiger partial charge in [0, 0.05) is 42.3 Å². The van der Waals surface area contributed by atoms with E-state index in [4.69, 9.17) is 9.47 Å². The van der Waals surface area contributed by atoms with Gasteiger partial charge in [0.15, 0.2) is 11.5 Å². The zero-order valence-corrected chi connectivity index (χ0v) is 20.5. The third-order valence-corrected chi connectivity index (χ3v) is 6.02. The molecule has 0 fully saturated rings. The molecule has 0 radical (unpaired) electrons. The normalized spacial score (nSPS) is 13.8. The largest absolute Gasteiger partial charge is 0.493 e. The average molecular weight is 503 g/mol. The Morgan fingerprint density at radius 3 is 2.67 bits per heavy atom. The molecule has 3 heterocycles. The number of likely N-dealkylation sites (N-methyl/N-ethyl adjacent to an activating group) is 1. The number of aromatic nitrogens is 3. The summed E-state index contributed by atoms with van der Waals surface area (Å²) in [7, 11) is 3.55. The highest BCUT2D eigenvalue weighted by Crippen LogP contribution is 2.41. The van der Waals surface area contributed by atoms with Crippen LogP contribution in [0, 0.1) is 11.3 Å². The Labute approximate surface area is 214 Å². The van der Waals surface area contributed by atoms with Crippen molar-refractivity contribution in [3.05, 3.63) is 78.0 Å². The number of anilines is 2. The maximum atomic E-state index is 12.9. The number of carbonyl (C=O) groups excluding carboxylic acids is 1. The first-order chi connectivity index (χ1) is 17.1. The molecule has 1 aliphatic rings. The van der Waals surface area contributed by atoms with Crippen LogP contribution in [0.2, 0.25) is 0 Å². The number of hydrogen-bond acceptors (Lipinski definition) is 8. The monoisotopic (exact) mass is 502 g/mol. The molecule has 0 saturated heterocycles. The van der Waals surface area contributed by atoms with Gasteiger partial charge in [-0.15, -0.1) is 12.4 Å². The summed E-state index contributed by atoms with van der Waals surface area (Å²) >= 11 is 0. The molecule has 1 atom stereocenters. The van der Waals surface area contributed by atoms with Crippen LogP contribution < -0.4 is 19.7 Å². The van der Waals surface area contributed by atoms with Crippen molar-refractivity contribution in [2.75, 3.05) is 37.5 Å². The number of benzene rings is 2. The third kappa shape index (κ3) is 4.59. The minimum absolute atomic E-state index is 0. The van der Waals surface area contributed by atoms with E-state index in [9.17, 15) is 10.1 Å². The quantitative estimate of drug-likeness (QED) is 0.404. The number of fused-ring (bicyclic) bond motifs is 2. The maximum Gasteiger partial charge on any atom is 0.238 e. The van der Waals surface area contributed by atoms with Crippen LogP contribution in [0.4, 0.5) is 11.4 Å². The highest BCUT2D eigenvalue weighted by atomic mass is 35.5. The van der Waals surface area contributed by atoms with E-state index in [1.54, 1.807) is 49.8 Å². The van der Waals surface area contributed by atoms with Gasteiger partial charge in [0.1, 0.15) is 18.9 Å². The first-order valence-corrected chi connectivity index (χ1v) is 11.0. The van der Waals surface area contributed by atoms with Crippen LogP contribution in [0.5, 0.6) is 11.5 Å². The Balaban J connectivity index is 0.00000304. The molecule has 5 rings (SSSR count). The molecule has 1 amide bonds. The number of halogens is 1. The van der Waals surface area contributed by atoms with Crippen molar-refractivity contribution in [1.29, 1.82) is 5.26 Å². The first kappa shape index (κ1) is 24.7. The van der Waals surface area contributed by atoms with E-state index < -0.39 is 5.92 Å². The molecule has 1 aliphatic heterocycles. The van der Waals surface area contributed by atoms with Gasteiger partial charge in [-0.3, -0.25) is 9.78 Å². The molecule has 0 aliphatic carbocycles. The topological polar surface area (TPSA) is 113 Å². The lowest BCUT2D eigenvalue weighted by molar-refractivity contribution is -0.116. The minimum atomic E-state index is -0.658. The molecule has 0 saturated carbocycles. The third-order valence-electron chi connectivity index (χ3n) is 6.02. The number of rotatable bonds is 7. The SMILES string of the molecule is COc1cc2c(C3C(=O)Nc4ccc(C#N)cc43)ncnc2cc1OCCN(C)c1ccncc1.Cl. The van der Waals surface area contributed by atoms with Crippen LogP contribution in [0.1, 0.15) is 22.7 Å². The molecule has 1 N–H and O–H groups in total. The highest BCUT2D eigenvalue weighted by Gasteiger charge is 2.34. The Hall–Kier alpha value is -4.42. The van der Waals surface area contributed by atoms with Gasteiger partial charge in [-0.2, -0.15) is 5.26 Å². The molecule has 9 nitrogen and oxygen atoms in total. The van der Waals surface area contributed by atoms with E-state index in [1.807, 2.05) is 19.2 Å². The van der Waals surface area contributed by atoms with Crippen LogP contribution >= 0.6 is 12.4 Å². The molecule has 10 heteroatoms. The van der Waals surface area contributed by atoms with Crippen molar-refractivity contribution in [2.45, 2.75) is 5.92 Å². The van der Waals surface area contributed by atoms with Gasteiger partial charge >= 0.3 is 0 Å². The van der Waals surface area contributed by atoms with Gasteiger partial charge in [-0.05, 0) is 42.0 Å². The molecule has 182 valence electrons. The molecule has 0 spiro atoms. The van der Waals surface area contributed by atoms with E-state index in [-0.39, 0.29) is 18.3 Å². The predicted octanol–water partition coefficient (Wildman–Crippen LogP) is 3.93. The van der Waals surface area contributed by atoms with Crippen LogP contribution in [-0.2, 0) is 4.79 Å². The van der Waals surface area contributed by atoms with Crippen molar-refractivity contribution in [1.82, 2.24) is 15.0 Å². The summed E-state index contributed by atoms with van der Waals surface area (Å²) < 4.78 is 11.6. The van der Waals surface area contributed by atoms with E-state index in [1.165, 1.54) is 6.33 Å². The number of nitriles is 1. The zero-order valence-electron chi connectivity index (χ0n) is 19.6. The Kier molecular flexibility index (Phi) is 7.17. The minimum Gasteiger partial charge on any atom is -0.493 e. The number of nitrogens with zero attached hydrogens (tertiary/aromatic N) is 5.